The number of nitrogens with one attached hydrogen (secondary N) is 1. The molecule has 1 amide bonds. The third-order valence-corrected chi connectivity index (χ3v) is 6.92. The number of hydrogen-bond acceptors (Lipinski definition) is 8. The van der Waals surface area contributed by atoms with Gasteiger partial charge in [0.05, 0.1) is 11.8 Å². The number of carbonyl (C=O) groups is 1. The number of hydrogen-bond donors (Lipinski definition) is 2. The minimum atomic E-state index is -1.47. The van der Waals surface area contributed by atoms with Gasteiger partial charge in [0, 0.05) is 50.3 Å². The van der Waals surface area contributed by atoms with Crippen LogP contribution in [0.3, 0.4) is 0 Å². The summed E-state index contributed by atoms with van der Waals surface area (Å²) < 4.78 is 5.64. The van der Waals surface area contributed by atoms with Crippen LogP contribution in [0, 0.1) is 0 Å². The molecule has 166 valence electrons. The molecule has 2 aliphatic rings. The molecule has 1 unspecified atom stereocenters. The molecule has 0 bridgehead atoms. The third kappa shape index (κ3) is 3.99. The quantitative estimate of drug-likeness (QED) is 0.594. The highest BCUT2D eigenvalue weighted by Gasteiger charge is 2.45. The molecule has 2 atom stereocenters. The molecule has 4 heterocycles. The number of amides is 1. The predicted octanol–water partition coefficient (Wildman–Crippen LogP) is 2.91. The molecule has 0 saturated carbocycles. The molecule has 9 heteroatoms. The number of rotatable bonds is 6. The van der Waals surface area contributed by atoms with Gasteiger partial charge in [-0.2, -0.15) is 0 Å². The second-order valence-electron chi connectivity index (χ2n) is 8.24. The van der Waals surface area contributed by atoms with Crippen molar-refractivity contribution < 1.29 is 14.6 Å². The Morgan fingerprint density at radius 3 is 3.00 bits per heavy atom. The maximum atomic E-state index is 12.5. The van der Waals surface area contributed by atoms with E-state index in [1.54, 1.807) is 24.2 Å². The summed E-state index contributed by atoms with van der Waals surface area (Å²) >= 11 is 1.50. The van der Waals surface area contributed by atoms with E-state index in [9.17, 15) is 9.90 Å². The van der Waals surface area contributed by atoms with E-state index >= 15 is 0 Å². The topological polar surface area (TPSA) is 100 Å². The molecule has 0 radical (unpaired) electrons. The first-order chi connectivity index (χ1) is 15.5. The van der Waals surface area contributed by atoms with Crippen LogP contribution < -0.4 is 5.32 Å². The molecule has 1 aromatic carbocycles. The lowest BCUT2D eigenvalue weighted by atomic mass is 9.91. The van der Waals surface area contributed by atoms with E-state index in [0.717, 1.165) is 41.4 Å². The Kier molecular flexibility index (Phi) is 5.62. The zero-order valence-electron chi connectivity index (χ0n) is 17.8. The van der Waals surface area contributed by atoms with Gasteiger partial charge in [-0.15, -0.1) is 11.3 Å². The number of aromatic nitrogens is 3. The van der Waals surface area contributed by atoms with Crippen molar-refractivity contribution in [1.82, 2.24) is 19.9 Å². The Balaban J connectivity index is 1.35. The summed E-state index contributed by atoms with van der Waals surface area (Å²) in [7, 11) is 1.71. The second kappa shape index (κ2) is 8.57. The number of nitrogens with zero attached hydrogens (tertiary/aromatic N) is 4. The van der Waals surface area contributed by atoms with E-state index in [4.69, 9.17) is 9.72 Å². The number of likely N-dealkylation sites (N-methyl/N-ethyl adjacent to an activating group) is 1. The van der Waals surface area contributed by atoms with Gasteiger partial charge in [-0.25, -0.2) is 15.0 Å². The van der Waals surface area contributed by atoms with Gasteiger partial charge < -0.3 is 20.1 Å². The highest BCUT2D eigenvalue weighted by Crippen LogP contribution is 2.36. The smallest absolute Gasteiger partial charge is 0.258 e. The lowest BCUT2D eigenvalue weighted by molar-refractivity contribution is -0.143. The SMILES string of the molecule is CN1CC[C@@](O)(c2cccc(-c3nc(-c4ccnc(NCC5CCCO5)n4)cs3)c2)C1=O. The van der Waals surface area contributed by atoms with Crippen molar-refractivity contribution in [3.8, 4) is 22.0 Å². The number of ether oxygens (including phenoxy) is 1. The Morgan fingerprint density at radius 2 is 2.22 bits per heavy atom. The largest absolute Gasteiger partial charge is 0.376 e. The van der Waals surface area contributed by atoms with Gasteiger partial charge in [0.15, 0.2) is 5.60 Å². The maximum absolute atomic E-state index is 12.5. The van der Waals surface area contributed by atoms with Crippen molar-refractivity contribution in [3.63, 3.8) is 0 Å². The number of anilines is 1. The molecule has 2 N–H and O–H groups in total. The summed E-state index contributed by atoms with van der Waals surface area (Å²) in [5.74, 6) is 0.291. The zero-order valence-corrected chi connectivity index (χ0v) is 18.6. The van der Waals surface area contributed by atoms with Crippen LogP contribution in [0.5, 0.6) is 0 Å². The van der Waals surface area contributed by atoms with Gasteiger partial charge in [0.2, 0.25) is 5.95 Å². The summed E-state index contributed by atoms with van der Waals surface area (Å²) in [5.41, 5.74) is 1.48. The van der Waals surface area contributed by atoms with E-state index in [1.807, 2.05) is 29.6 Å². The summed E-state index contributed by atoms with van der Waals surface area (Å²) in [5, 5.41) is 17.0. The number of thiazole rings is 1. The lowest BCUT2D eigenvalue weighted by Crippen LogP contribution is -2.36. The van der Waals surface area contributed by atoms with Gasteiger partial charge in [0.25, 0.3) is 5.91 Å². The predicted molar refractivity (Wildman–Crippen MR) is 122 cm³/mol. The average molecular weight is 452 g/mol. The molecular weight excluding hydrogens is 426 g/mol. The number of likely N-dealkylation sites (tertiary alicyclic amines) is 1. The fourth-order valence-electron chi connectivity index (χ4n) is 4.15. The van der Waals surface area contributed by atoms with Gasteiger partial charge in [-0.1, -0.05) is 18.2 Å². The highest BCUT2D eigenvalue weighted by atomic mass is 32.1. The molecule has 8 nitrogen and oxygen atoms in total. The number of benzene rings is 1. The van der Waals surface area contributed by atoms with E-state index in [-0.39, 0.29) is 12.0 Å². The lowest BCUT2D eigenvalue weighted by Gasteiger charge is -2.21. The maximum Gasteiger partial charge on any atom is 0.258 e. The highest BCUT2D eigenvalue weighted by molar-refractivity contribution is 7.13. The molecule has 2 fully saturated rings. The Morgan fingerprint density at radius 1 is 1.31 bits per heavy atom. The zero-order chi connectivity index (χ0) is 22.1. The molecular formula is C23H25N5O3S. The molecule has 0 aliphatic carbocycles. The average Bonchev–Trinajstić information content (AvgIpc) is 3.57. The van der Waals surface area contributed by atoms with Crippen LogP contribution in [-0.2, 0) is 15.1 Å². The minimum Gasteiger partial charge on any atom is -0.376 e. The Labute approximate surface area is 190 Å². The van der Waals surface area contributed by atoms with Crippen LogP contribution in [0.25, 0.3) is 22.0 Å². The fraction of sp³-hybridized carbons (Fsp3) is 0.391. The first-order valence-electron chi connectivity index (χ1n) is 10.8. The first kappa shape index (κ1) is 21.0. The van der Waals surface area contributed by atoms with Crippen LogP contribution in [0.15, 0.2) is 41.9 Å². The summed E-state index contributed by atoms with van der Waals surface area (Å²) in [6.07, 6.45) is 4.47. The molecule has 32 heavy (non-hydrogen) atoms. The minimum absolute atomic E-state index is 0.210. The van der Waals surface area contributed by atoms with Crippen molar-refractivity contribution in [2.75, 3.05) is 32.1 Å². The van der Waals surface area contributed by atoms with Crippen LogP contribution in [-0.4, -0.2) is 63.7 Å². The van der Waals surface area contributed by atoms with Crippen LogP contribution in [0.4, 0.5) is 5.95 Å². The molecule has 2 saturated heterocycles. The van der Waals surface area contributed by atoms with Crippen molar-refractivity contribution >= 4 is 23.2 Å². The van der Waals surface area contributed by atoms with Gasteiger partial charge in [-0.3, -0.25) is 4.79 Å². The third-order valence-electron chi connectivity index (χ3n) is 6.03. The number of carbonyl (C=O) groups excluding carboxylic acids is 1. The molecule has 5 rings (SSSR count). The molecule has 3 aromatic rings. The van der Waals surface area contributed by atoms with Gasteiger partial charge in [0.1, 0.15) is 10.7 Å². The standard InChI is InChI=1S/C23H25N5O3S/c1-28-10-8-23(30,21(28)29)16-5-2-4-15(12-16)20-26-19(14-32-20)18-7-9-24-22(27-18)25-13-17-6-3-11-31-17/h2,4-5,7,9,12,14,17,30H,3,6,8,10-11,13H2,1H3,(H,24,25,27)/t17?,23-/m1/s1. The van der Waals surface area contributed by atoms with Crippen LogP contribution in [0.2, 0.25) is 0 Å². The van der Waals surface area contributed by atoms with Crippen LogP contribution >= 0.6 is 11.3 Å². The summed E-state index contributed by atoms with van der Waals surface area (Å²) in [6.45, 7) is 2.05. The first-order valence-corrected chi connectivity index (χ1v) is 11.6. The number of aliphatic hydroxyl groups is 1. The van der Waals surface area contributed by atoms with E-state index in [0.29, 0.717) is 31.0 Å². The monoisotopic (exact) mass is 451 g/mol. The van der Waals surface area contributed by atoms with E-state index < -0.39 is 5.60 Å². The van der Waals surface area contributed by atoms with Crippen LogP contribution in [0.1, 0.15) is 24.8 Å². The molecule has 2 aromatic heterocycles. The van der Waals surface area contributed by atoms with Crippen molar-refractivity contribution in [2.24, 2.45) is 0 Å². The van der Waals surface area contributed by atoms with Crippen molar-refractivity contribution in [2.45, 2.75) is 31.0 Å². The van der Waals surface area contributed by atoms with E-state index in [2.05, 4.69) is 15.3 Å². The Bertz CT molecular complexity index is 1130. The van der Waals surface area contributed by atoms with Gasteiger partial charge >= 0.3 is 0 Å². The summed E-state index contributed by atoms with van der Waals surface area (Å²) in [6, 6.07) is 9.28. The van der Waals surface area contributed by atoms with E-state index in [1.165, 1.54) is 11.3 Å². The Hall–Kier alpha value is -2.88. The molecule has 2 aliphatic heterocycles. The fourth-order valence-corrected chi connectivity index (χ4v) is 4.96. The van der Waals surface area contributed by atoms with Crippen molar-refractivity contribution in [1.29, 1.82) is 0 Å². The molecule has 0 spiro atoms. The second-order valence-corrected chi connectivity index (χ2v) is 9.10. The summed E-state index contributed by atoms with van der Waals surface area (Å²) in [4.78, 5) is 27.7. The van der Waals surface area contributed by atoms with Gasteiger partial charge in [-0.05, 0) is 30.5 Å². The normalized spacial score (nSPS) is 23.1. The van der Waals surface area contributed by atoms with Crippen molar-refractivity contribution in [3.05, 3.63) is 47.5 Å².